The third-order valence-electron chi connectivity index (χ3n) is 2.20. The second-order valence-electron chi connectivity index (χ2n) is 3.67. The summed E-state index contributed by atoms with van der Waals surface area (Å²) in [7, 11) is 1.65. The molecule has 18 heavy (non-hydrogen) atoms. The van der Waals surface area contributed by atoms with Gasteiger partial charge >= 0.3 is 0 Å². The Morgan fingerprint density at radius 3 is 3.00 bits per heavy atom. The number of aliphatic imine (C=N–C) groups is 1. The van der Waals surface area contributed by atoms with Gasteiger partial charge < -0.3 is 15.8 Å². The van der Waals surface area contributed by atoms with Crippen LogP contribution in [0.1, 0.15) is 6.42 Å². The molecule has 0 atom stereocenters. The predicted molar refractivity (Wildman–Crippen MR) is 73.4 cm³/mol. The number of nitrogens with zero attached hydrogens (tertiary/aromatic N) is 1. The molecule has 4 nitrogen and oxygen atoms in total. The predicted octanol–water partition coefficient (Wildman–Crippen LogP) is 2.50. The van der Waals surface area contributed by atoms with E-state index in [1.165, 1.54) is 12.1 Å². The number of benzene rings is 1. The van der Waals surface area contributed by atoms with Crippen molar-refractivity contribution in [2.75, 3.05) is 31.5 Å². The molecule has 0 saturated heterocycles. The van der Waals surface area contributed by atoms with E-state index in [1.54, 1.807) is 13.2 Å². The highest BCUT2D eigenvalue weighted by Crippen LogP contribution is 2.25. The first-order chi connectivity index (χ1) is 8.67. The van der Waals surface area contributed by atoms with Crippen molar-refractivity contribution in [2.24, 2.45) is 10.7 Å². The molecule has 0 heterocycles. The van der Waals surface area contributed by atoms with Crippen LogP contribution in [0.25, 0.3) is 0 Å². The van der Waals surface area contributed by atoms with Crippen molar-refractivity contribution in [3.05, 3.63) is 24.0 Å². The maximum atomic E-state index is 13.2. The number of alkyl halides is 1. The second-order valence-corrected chi connectivity index (χ2v) is 3.94. The first-order valence-corrected chi connectivity index (χ1v) is 6.12. The van der Waals surface area contributed by atoms with Crippen molar-refractivity contribution in [2.45, 2.75) is 6.42 Å². The molecule has 100 valence electrons. The highest BCUT2D eigenvalue weighted by atomic mass is 35.5. The summed E-state index contributed by atoms with van der Waals surface area (Å²) in [5, 5.41) is 3.15. The fourth-order valence-electron chi connectivity index (χ4n) is 1.37. The summed E-state index contributed by atoms with van der Waals surface area (Å²) >= 11 is 5.55. The Balaban J connectivity index is 2.76. The third-order valence-corrected chi connectivity index (χ3v) is 2.48. The first-order valence-electron chi connectivity index (χ1n) is 5.58. The van der Waals surface area contributed by atoms with Gasteiger partial charge in [-0.2, -0.15) is 0 Å². The smallest absolute Gasteiger partial charge is 0.125 e. The molecular formula is C12H17ClFN3O. The number of methoxy groups -OCH3 is 1. The van der Waals surface area contributed by atoms with Crippen molar-refractivity contribution in [3.8, 4) is 0 Å². The van der Waals surface area contributed by atoms with Gasteiger partial charge in [0.1, 0.15) is 11.7 Å². The molecule has 0 aliphatic heterocycles. The number of amidine groups is 1. The van der Waals surface area contributed by atoms with Crippen molar-refractivity contribution in [1.82, 2.24) is 0 Å². The average Bonchev–Trinajstić information content (AvgIpc) is 2.36. The number of nitrogens with two attached hydrogens (primary N) is 1. The summed E-state index contributed by atoms with van der Waals surface area (Å²) in [5.74, 6) is 0.000346. The van der Waals surface area contributed by atoms with Gasteiger partial charge in [0.15, 0.2) is 0 Å². The van der Waals surface area contributed by atoms with Gasteiger partial charge in [0.25, 0.3) is 0 Å². The lowest BCUT2D eigenvalue weighted by Crippen LogP contribution is -2.12. The molecule has 0 radical (unpaired) electrons. The van der Waals surface area contributed by atoms with Gasteiger partial charge in [-0.15, -0.1) is 11.6 Å². The van der Waals surface area contributed by atoms with Crippen LogP contribution in [0.3, 0.4) is 0 Å². The number of rotatable bonds is 7. The molecule has 0 amide bonds. The Hall–Kier alpha value is -1.33. The number of hydrogen-bond donors (Lipinski definition) is 2. The minimum Gasteiger partial charge on any atom is -0.386 e. The van der Waals surface area contributed by atoms with Gasteiger partial charge in [-0.3, -0.25) is 0 Å². The lowest BCUT2D eigenvalue weighted by molar-refractivity contribution is 0.198. The van der Waals surface area contributed by atoms with E-state index in [-0.39, 0.29) is 17.5 Å². The van der Waals surface area contributed by atoms with Gasteiger partial charge in [-0.25, -0.2) is 9.38 Å². The molecule has 3 N–H and O–H groups in total. The molecule has 0 fully saturated rings. The van der Waals surface area contributed by atoms with Crippen molar-refractivity contribution >= 4 is 28.8 Å². The average molecular weight is 274 g/mol. The van der Waals surface area contributed by atoms with Crippen LogP contribution in [0.5, 0.6) is 0 Å². The number of hydrogen-bond acceptors (Lipinski definition) is 3. The molecule has 0 spiro atoms. The van der Waals surface area contributed by atoms with Crippen LogP contribution in [-0.2, 0) is 4.74 Å². The Morgan fingerprint density at radius 1 is 1.56 bits per heavy atom. The van der Waals surface area contributed by atoms with Crippen LogP contribution in [0.4, 0.5) is 15.8 Å². The zero-order valence-corrected chi connectivity index (χ0v) is 11.0. The maximum Gasteiger partial charge on any atom is 0.125 e. The summed E-state index contributed by atoms with van der Waals surface area (Å²) in [5.41, 5.74) is 6.72. The standard InChI is InChI=1S/C12H17ClFN3O/c1-18-6-2-5-16-10-4-3-9(14)7-11(10)17-12(15)8-13/h3-4,7,16H,2,5-6,8H2,1H3,(H2,15,17). The molecular weight excluding hydrogens is 257 g/mol. The van der Waals surface area contributed by atoms with E-state index in [0.717, 1.165) is 12.1 Å². The molecule has 0 aromatic heterocycles. The summed E-state index contributed by atoms with van der Waals surface area (Å²) in [6.07, 6.45) is 0.849. The van der Waals surface area contributed by atoms with Crippen molar-refractivity contribution in [3.63, 3.8) is 0 Å². The lowest BCUT2D eigenvalue weighted by Gasteiger charge is -2.09. The Morgan fingerprint density at radius 2 is 2.33 bits per heavy atom. The topological polar surface area (TPSA) is 59.6 Å². The van der Waals surface area contributed by atoms with Gasteiger partial charge in [-0.1, -0.05) is 0 Å². The minimum atomic E-state index is -0.362. The molecule has 0 saturated carbocycles. The minimum absolute atomic E-state index is 0.111. The van der Waals surface area contributed by atoms with Gasteiger partial charge in [0.2, 0.25) is 0 Å². The van der Waals surface area contributed by atoms with E-state index in [2.05, 4.69) is 10.3 Å². The zero-order valence-electron chi connectivity index (χ0n) is 10.2. The summed E-state index contributed by atoms with van der Waals surface area (Å²) in [6, 6.07) is 4.31. The van der Waals surface area contributed by atoms with E-state index in [0.29, 0.717) is 18.8 Å². The SMILES string of the molecule is COCCCNc1ccc(F)cc1N=C(N)CCl. The summed E-state index contributed by atoms with van der Waals surface area (Å²) in [6.45, 7) is 1.37. The van der Waals surface area contributed by atoms with Crippen LogP contribution in [-0.4, -0.2) is 32.0 Å². The fourth-order valence-corrected chi connectivity index (χ4v) is 1.43. The van der Waals surface area contributed by atoms with Crippen LogP contribution in [0.15, 0.2) is 23.2 Å². The molecule has 0 unspecified atom stereocenters. The normalized spacial score (nSPS) is 11.6. The number of anilines is 1. The maximum absolute atomic E-state index is 13.2. The highest BCUT2D eigenvalue weighted by Gasteiger charge is 2.03. The van der Waals surface area contributed by atoms with Crippen LogP contribution in [0, 0.1) is 5.82 Å². The Bertz CT molecular complexity index is 412. The van der Waals surface area contributed by atoms with Gasteiger partial charge in [-0.05, 0) is 18.6 Å². The van der Waals surface area contributed by atoms with Gasteiger partial charge in [0.05, 0.1) is 17.3 Å². The van der Waals surface area contributed by atoms with Crippen LogP contribution >= 0.6 is 11.6 Å². The first kappa shape index (κ1) is 14.7. The molecule has 6 heteroatoms. The molecule has 0 aliphatic carbocycles. The quantitative estimate of drug-likeness (QED) is 0.347. The Kier molecular flexibility index (Phi) is 6.46. The Labute approximate surface area is 111 Å². The summed E-state index contributed by atoms with van der Waals surface area (Å²) < 4.78 is 18.1. The highest BCUT2D eigenvalue weighted by molar-refractivity contribution is 6.28. The molecule has 1 rings (SSSR count). The third kappa shape index (κ3) is 4.89. The van der Waals surface area contributed by atoms with Crippen LogP contribution in [0.2, 0.25) is 0 Å². The fraction of sp³-hybridized carbons (Fsp3) is 0.417. The van der Waals surface area contributed by atoms with Crippen molar-refractivity contribution in [1.29, 1.82) is 0 Å². The lowest BCUT2D eigenvalue weighted by atomic mass is 10.2. The molecule has 1 aromatic rings. The van der Waals surface area contributed by atoms with E-state index >= 15 is 0 Å². The van der Waals surface area contributed by atoms with E-state index in [1.807, 2.05) is 0 Å². The molecule has 0 bridgehead atoms. The van der Waals surface area contributed by atoms with E-state index < -0.39 is 0 Å². The second kappa shape index (κ2) is 7.89. The van der Waals surface area contributed by atoms with Crippen LogP contribution < -0.4 is 11.1 Å². The number of ether oxygens (including phenoxy) is 1. The van der Waals surface area contributed by atoms with Crippen molar-refractivity contribution < 1.29 is 9.13 Å². The monoisotopic (exact) mass is 273 g/mol. The van der Waals surface area contributed by atoms with E-state index in [4.69, 9.17) is 22.1 Å². The summed E-state index contributed by atoms with van der Waals surface area (Å²) in [4.78, 5) is 4.07. The largest absolute Gasteiger partial charge is 0.386 e. The number of halogens is 2. The zero-order chi connectivity index (χ0) is 13.4. The van der Waals surface area contributed by atoms with E-state index in [9.17, 15) is 4.39 Å². The molecule has 0 aliphatic rings. The number of nitrogens with one attached hydrogen (secondary N) is 1. The molecule has 1 aromatic carbocycles. The van der Waals surface area contributed by atoms with Gasteiger partial charge in [0, 0.05) is 26.3 Å².